The maximum atomic E-state index is 13.3. The van der Waals surface area contributed by atoms with E-state index in [1.54, 1.807) is 6.92 Å². The Morgan fingerprint density at radius 2 is 2.00 bits per heavy atom. The molecule has 0 radical (unpaired) electrons. The van der Waals surface area contributed by atoms with Gasteiger partial charge in [-0.05, 0) is 25.1 Å². The Morgan fingerprint density at radius 3 is 2.53 bits per heavy atom. The zero-order valence-corrected chi connectivity index (χ0v) is 9.28. The van der Waals surface area contributed by atoms with E-state index in [9.17, 15) is 13.2 Å². The molecule has 0 unspecified atom stereocenters. The van der Waals surface area contributed by atoms with E-state index in [4.69, 9.17) is 0 Å². The summed E-state index contributed by atoms with van der Waals surface area (Å²) in [5, 5.41) is 7.38. The van der Waals surface area contributed by atoms with E-state index in [-0.39, 0.29) is 0 Å². The maximum Gasteiger partial charge on any atom is 0.273 e. The molecule has 2 aromatic rings. The summed E-state index contributed by atoms with van der Waals surface area (Å²) < 4.78 is 41.0. The van der Waals surface area contributed by atoms with Crippen LogP contribution in [0, 0.1) is 12.7 Å². The summed E-state index contributed by atoms with van der Waals surface area (Å²) in [5.41, 5.74) is 0.393. The fraction of sp³-hybridized carbons (Fsp3) is 0.273. The van der Waals surface area contributed by atoms with Crippen LogP contribution < -0.4 is 0 Å². The number of rotatable bonds is 2. The highest BCUT2D eigenvalue weighted by atomic mass is 19.3. The van der Waals surface area contributed by atoms with Crippen LogP contribution in [0.15, 0.2) is 24.4 Å². The van der Waals surface area contributed by atoms with Crippen molar-refractivity contribution in [3.8, 4) is 5.69 Å². The number of benzene rings is 1. The monoisotopic (exact) mass is 241 g/mol. The fourth-order valence-electron chi connectivity index (χ4n) is 1.52. The van der Waals surface area contributed by atoms with Crippen molar-refractivity contribution >= 4 is 0 Å². The molecule has 0 amide bonds. The Bertz CT molecular complexity index is 543. The van der Waals surface area contributed by atoms with Gasteiger partial charge in [-0.25, -0.2) is 17.9 Å². The molecule has 0 saturated carbocycles. The second-order valence-corrected chi connectivity index (χ2v) is 3.84. The molecule has 0 N–H and O–H groups in total. The van der Waals surface area contributed by atoms with Gasteiger partial charge in [-0.3, -0.25) is 0 Å². The summed E-state index contributed by atoms with van der Waals surface area (Å²) in [6.07, 6.45) is 1.49. The van der Waals surface area contributed by atoms with Gasteiger partial charge in [-0.2, -0.15) is 0 Å². The number of nitrogens with zero attached hydrogens (tertiary/aromatic N) is 3. The molecule has 1 heterocycles. The fourth-order valence-corrected chi connectivity index (χ4v) is 1.52. The van der Waals surface area contributed by atoms with Crippen molar-refractivity contribution < 1.29 is 13.2 Å². The van der Waals surface area contributed by atoms with Gasteiger partial charge in [0.05, 0.1) is 23.1 Å². The van der Waals surface area contributed by atoms with Gasteiger partial charge in [0.1, 0.15) is 5.82 Å². The van der Waals surface area contributed by atoms with E-state index in [0.29, 0.717) is 18.3 Å². The summed E-state index contributed by atoms with van der Waals surface area (Å²) in [4.78, 5) is 0. The first-order chi connectivity index (χ1) is 7.89. The third-order valence-corrected chi connectivity index (χ3v) is 2.39. The van der Waals surface area contributed by atoms with E-state index in [2.05, 4.69) is 10.3 Å². The third-order valence-electron chi connectivity index (χ3n) is 2.39. The molecule has 0 aliphatic carbocycles. The molecule has 0 saturated heterocycles. The summed E-state index contributed by atoms with van der Waals surface area (Å²) >= 11 is 0. The SMILES string of the molecule is Cc1cnnn1-c1ccc(F)c(C(C)(F)F)c1. The van der Waals surface area contributed by atoms with Gasteiger partial charge in [-0.1, -0.05) is 5.21 Å². The number of halogens is 3. The Morgan fingerprint density at radius 1 is 1.29 bits per heavy atom. The number of hydrogen-bond donors (Lipinski definition) is 0. The molecule has 0 spiro atoms. The number of alkyl halides is 2. The molecule has 0 atom stereocenters. The molecular weight excluding hydrogens is 231 g/mol. The molecule has 17 heavy (non-hydrogen) atoms. The van der Waals surface area contributed by atoms with Gasteiger partial charge in [-0.15, -0.1) is 5.10 Å². The Labute approximate surface area is 95.9 Å². The third kappa shape index (κ3) is 2.15. The molecule has 90 valence electrons. The van der Waals surface area contributed by atoms with Crippen molar-refractivity contribution in [1.82, 2.24) is 15.0 Å². The van der Waals surface area contributed by atoms with Gasteiger partial charge in [0.15, 0.2) is 0 Å². The van der Waals surface area contributed by atoms with Gasteiger partial charge < -0.3 is 0 Å². The lowest BCUT2D eigenvalue weighted by Gasteiger charge is -2.13. The van der Waals surface area contributed by atoms with Crippen molar-refractivity contribution in [2.45, 2.75) is 19.8 Å². The van der Waals surface area contributed by atoms with Crippen LogP contribution in [0.1, 0.15) is 18.2 Å². The average Bonchev–Trinajstić information content (AvgIpc) is 2.63. The number of aromatic nitrogens is 3. The minimum absolute atomic E-state index is 0.359. The first-order valence-electron chi connectivity index (χ1n) is 4.95. The lowest BCUT2D eigenvalue weighted by molar-refractivity contribution is 0.0137. The summed E-state index contributed by atoms with van der Waals surface area (Å²) in [6, 6.07) is 3.46. The van der Waals surface area contributed by atoms with Crippen LogP contribution >= 0.6 is 0 Å². The zero-order chi connectivity index (χ0) is 12.6. The standard InChI is InChI=1S/C11H10F3N3/c1-7-6-15-16-17(7)8-3-4-10(12)9(5-8)11(2,13)14/h3-6H,1-2H3. The molecule has 0 bridgehead atoms. The van der Waals surface area contributed by atoms with Gasteiger partial charge in [0, 0.05) is 6.92 Å². The van der Waals surface area contributed by atoms with E-state index >= 15 is 0 Å². The second kappa shape index (κ2) is 3.87. The first kappa shape index (κ1) is 11.6. The Balaban J connectivity index is 2.56. The quantitative estimate of drug-likeness (QED) is 0.809. The van der Waals surface area contributed by atoms with Crippen molar-refractivity contribution in [3.05, 3.63) is 41.5 Å². The topological polar surface area (TPSA) is 30.7 Å². The summed E-state index contributed by atoms with van der Waals surface area (Å²) in [7, 11) is 0. The number of aryl methyl sites for hydroxylation is 1. The average molecular weight is 241 g/mol. The van der Waals surface area contributed by atoms with Crippen LogP contribution in [0.5, 0.6) is 0 Å². The van der Waals surface area contributed by atoms with Crippen molar-refractivity contribution in [1.29, 1.82) is 0 Å². The molecule has 1 aromatic heterocycles. The second-order valence-electron chi connectivity index (χ2n) is 3.84. The van der Waals surface area contributed by atoms with E-state index < -0.39 is 17.3 Å². The maximum absolute atomic E-state index is 13.3. The Hall–Kier alpha value is -1.85. The molecule has 2 rings (SSSR count). The minimum atomic E-state index is -3.23. The summed E-state index contributed by atoms with van der Waals surface area (Å²) in [6.45, 7) is 2.39. The molecular formula is C11H10F3N3. The van der Waals surface area contributed by atoms with Gasteiger partial charge >= 0.3 is 0 Å². The molecule has 6 heteroatoms. The van der Waals surface area contributed by atoms with Crippen LogP contribution in [0.3, 0.4) is 0 Å². The van der Waals surface area contributed by atoms with Crippen LogP contribution in [0.4, 0.5) is 13.2 Å². The van der Waals surface area contributed by atoms with Crippen LogP contribution in [0.25, 0.3) is 5.69 Å². The summed E-state index contributed by atoms with van der Waals surface area (Å²) in [5.74, 6) is -4.16. The predicted molar refractivity (Wildman–Crippen MR) is 55.6 cm³/mol. The zero-order valence-electron chi connectivity index (χ0n) is 9.28. The van der Waals surface area contributed by atoms with Crippen molar-refractivity contribution in [3.63, 3.8) is 0 Å². The van der Waals surface area contributed by atoms with Crippen molar-refractivity contribution in [2.75, 3.05) is 0 Å². The number of hydrogen-bond acceptors (Lipinski definition) is 2. The molecule has 0 aliphatic rings. The first-order valence-corrected chi connectivity index (χ1v) is 4.95. The smallest absolute Gasteiger partial charge is 0.218 e. The highest BCUT2D eigenvalue weighted by Gasteiger charge is 2.28. The van der Waals surface area contributed by atoms with Crippen LogP contribution in [0.2, 0.25) is 0 Å². The minimum Gasteiger partial charge on any atom is -0.218 e. The molecule has 1 aromatic carbocycles. The lowest BCUT2D eigenvalue weighted by atomic mass is 10.1. The molecule has 0 aliphatic heterocycles. The van der Waals surface area contributed by atoms with Gasteiger partial charge in [0.2, 0.25) is 0 Å². The lowest BCUT2D eigenvalue weighted by Crippen LogP contribution is -2.11. The van der Waals surface area contributed by atoms with Crippen LogP contribution in [-0.2, 0) is 5.92 Å². The highest BCUT2D eigenvalue weighted by Crippen LogP contribution is 2.30. The molecule has 3 nitrogen and oxygen atoms in total. The predicted octanol–water partition coefficient (Wildman–Crippen LogP) is 2.83. The molecule has 0 fully saturated rings. The van der Waals surface area contributed by atoms with Gasteiger partial charge in [0.25, 0.3) is 5.92 Å². The van der Waals surface area contributed by atoms with Crippen molar-refractivity contribution in [2.24, 2.45) is 0 Å². The Kier molecular flexibility index (Phi) is 2.65. The normalized spacial score (nSPS) is 11.8. The van der Waals surface area contributed by atoms with E-state index in [1.807, 2.05) is 0 Å². The largest absolute Gasteiger partial charge is 0.273 e. The van der Waals surface area contributed by atoms with E-state index in [0.717, 1.165) is 12.1 Å². The highest BCUT2D eigenvalue weighted by molar-refractivity contribution is 5.38. The van der Waals surface area contributed by atoms with E-state index in [1.165, 1.54) is 16.9 Å². The van der Waals surface area contributed by atoms with Crippen LogP contribution in [-0.4, -0.2) is 15.0 Å².